The van der Waals surface area contributed by atoms with Gasteiger partial charge in [-0.1, -0.05) is 17.7 Å². The number of carbonyl (C=O) groups is 2. The normalized spacial score (nSPS) is 18.3. The first-order chi connectivity index (χ1) is 9.99. The number of nitrogens with zero attached hydrogens (tertiary/aromatic N) is 1. The van der Waals surface area contributed by atoms with Gasteiger partial charge in [0.1, 0.15) is 0 Å². The number of primary amides is 1. The van der Waals surface area contributed by atoms with Crippen molar-refractivity contribution in [2.24, 2.45) is 5.73 Å². The van der Waals surface area contributed by atoms with Crippen molar-refractivity contribution in [3.63, 3.8) is 0 Å². The number of piperidine rings is 1. The van der Waals surface area contributed by atoms with Gasteiger partial charge in [-0.25, -0.2) is 0 Å². The molecule has 0 aromatic heterocycles. The Kier molecular flexibility index (Phi) is 4.96. The molecule has 21 heavy (non-hydrogen) atoms. The predicted octanol–water partition coefficient (Wildman–Crippen LogP) is 0.983. The number of hydrogen-bond acceptors (Lipinski definition) is 3. The molecule has 1 aliphatic rings. The lowest BCUT2D eigenvalue weighted by Crippen LogP contribution is -2.51. The topological polar surface area (TPSA) is 75.4 Å². The van der Waals surface area contributed by atoms with Gasteiger partial charge in [-0.3, -0.25) is 9.59 Å². The lowest BCUT2D eigenvalue weighted by molar-refractivity contribution is -0.119. The Bertz CT molecular complexity index is 536. The lowest BCUT2D eigenvalue weighted by Gasteiger charge is -2.34. The van der Waals surface area contributed by atoms with Crippen LogP contribution in [0.3, 0.4) is 0 Å². The van der Waals surface area contributed by atoms with Gasteiger partial charge in [-0.05, 0) is 44.9 Å². The summed E-state index contributed by atoms with van der Waals surface area (Å²) in [6.45, 7) is 5.51. The predicted molar refractivity (Wildman–Crippen MR) is 82.0 cm³/mol. The third-order valence-electron chi connectivity index (χ3n) is 3.92. The summed E-state index contributed by atoms with van der Waals surface area (Å²) in [6.07, 6.45) is 1.90. The standard InChI is InChI=1S/C16H23N3O2/c1-11-5-6-12(2)14(8-11)16(21)19(10-15(17)20)13-4-3-7-18-9-13/h5-6,8,13,18H,3-4,7,9-10H2,1-2H3,(H2,17,20). The van der Waals surface area contributed by atoms with Crippen LogP contribution in [0.2, 0.25) is 0 Å². The summed E-state index contributed by atoms with van der Waals surface area (Å²) in [5.41, 5.74) is 7.94. The maximum atomic E-state index is 12.8. The van der Waals surface area contributed by atoms with Gasteiger partial charge in [0.2, 0.25) is 5.91 Å². The van der Waals surface area contributed by atoms with Crippen molar-refractivity contribution in [3.05, 3.63) is 34.9 Å². The number of carbonyl (C=O) groups excluding carboxylic acids is 2. The van der Waals surface area contributed by atoms with Crippen molar-refractivity contribution in [2.45, 2.75) is 32.7 Å². The number of hydrogen-bond donors (Lipinski definition) is 2. The van der Waals surface area contributed by atoms with Crippen LogP contribution in [0.5, 0.6) is 0 Å². The highest BCUT2D eigenvalue weighted by molar-refractivity contribution is 5.98. The van der Waals surface area contributed by atoms with Gasteiger partial charge < -0.3 is 16.0 Å². The third-order valence-corrected chi connectivity index (χ3v) is 3.92. The van der Waals surface area contributed by atoms with E-state index in [9.17, 15) is 9.59 Å². The highest BCUT2D eigenvalue weighted by Crippen LogP contribution is 2.18. The average Bonchev–Trinajstić information content (AvgIpc) is 2.47. The minimum absolute atomic E-state index is 0.0265. The summed E-state index contributed by atoms with van der Waals surface area (Å²) in [4.78, 5) is 25.8. The van der Waals surface area contributed by atoms with Crippen LogP contribution in [0, 0.1) is 13.8 Å². The van der Waals surface area contributed by atoms with Gasteiger partial charge in [0.05, 0.1) is 6.54 Å². The number of aryl methyl sites for hydroxylation is 2. The van der Waals surface area contributed by atoms with E-state index in [4.69, 9.17) is 5.73 Å². The molecule has 1 unspecified atom stereocenters. The van der Waals surface area contributed by atoms with E-state index in [1.54, 1.807) is 4.90 Å². The molecule has 1 atom stereocenters. The maximum absolute atomic E-state index is 12.8. The second-order valence-electron chi connectivity index (χ2n) is 5.72. The van der Waals surface area contributed by atoms with Crippen LogP contribution in [-0.2, 0) is 4.79 Å². The van der Waals surface area contributed by atoms with Gasteiger partial charge in [0, 0.05) is 18.2 Å². The molecular weight excluding hydrogens is 266 g/mol. The minimum Gasteiger partial charge on any atom is -0.368 e. The first kappa shape index (κ1) is 15.5. The van der Waals surface area contributed by atoms with E-state index in [0.29, 0.717) is 12.1 Å². The van der Waals surface area contributed by atoms with Crippen molar-refractivity contribution in [2.75, 3.05) is 19.6 Å². The highest BCUT2D eigenvalue weighted by atomic mass is 16.2. The molecule has 2 amide bonds. The Morgan fingerprint density at radius 3 is 2.76 bits per heavy atom. The van der Waals surface area contributed by atoms with Crippen molar-refractivity contribution in [3.8, 4) is 0 Å². The Morgan fingerprint density at radius 2 is 2.14 bits per heavy atom. The van der Waals surface area contributed by atoms with Crippen LogP contribution >= 0.6 is 0 Å². The van der Waals surface area contributed by atoms with Crippen LogP contribution in [-0.4, -0.2) is 42.4 Å². The minimum atomic E-state index is -0.473. The van der Waals surface area contributed by atoms with E-state index in [2.05, 4.69) is 5.32 Å². The number of nitrogens with one attached hydrogen (secondary N) is 1. The van der Waals surface area contributed by atoms with Crippen molar-refractivity contribution in [1.29, 1.82) is 0 Å². The summed E-state index contributed by atoms with van der Waals surface area (Å²) in [7, 11) is 0. The lowest BCUT2D eigenvalue weighted by atomic mass is 10.0. The molecule has 0 radical (unpaired) electrons. The molecule has 1 heterocycles. The fourth-order valence-corrected chi connectivity index (χ4v) is 2.76. The Hall–Kier alpha value is -1.88. The molecule has 2 rings (SSSR count). The third kappa shape index (κ3) is 3.82. The maximum Gasteiger partial charge on any atom is 0.254 e. The highest BCUT2D eigenvalue weighted by Gasteiger charge is 2.28. The summed E-state index contributed by atoms with van der Waals surface area (Å²) in [5.74, 6) is -0.581. The molecule has 5 heteroatoms. The molecule has 5 nitrogen and oxygen atoms in total. The van der Waals surface area contributed by atoms with Gasteiger partial charge in [0.15, 0.2) is 0 Å². The number of nitrogens with two attached hydrogens (primary N) is 1. The Balaban J connectivity index is 2.28. The molecule has 0 saturated carbocycles. The van der Waals surface area contributed by atoms with Crippen molar-refractivity contribution >= 4 is 11.8 Å². The van der Waals surface area contributed by atoms with Gasteiger partial charge in [0.25, 0.3) is 5.91 Å². The first-order valence-corrected chi connectivity index (χ1v) is 7.36. The van der Waals surface area contributed by atoms with Gasteiger partial charge in [-0.15, -0.1) is 0 Å². The van der Waals surface area contributed by atoms with Gasteiger partial charge >= 0.3 is 0 Å². The average molecular weight is 289 g/mol. The molecular formula is C16H23N3O2. The molecule has 114 valence electrons. The zero-order valence-electron chi connectivity index (χ0n) is 12.7. The van der Waals surface area contributed by atoms with E-state index in [1.807, 2.05) is 32.0 Å². The Morgan fingerprint density at radius 1 is 1.38 bits per heavy atom. The molecule has 0 spiro atoms. The molecule has 1 aliphatic heterocycles. The number of benzene rings is 1. The second kappa shape index (κ2) is 6.72. The monoisotopic (exact) mass is 289 g/mol. The van der Waals surface area contributed by atoms with Crippen molar-refractivity contribution in [1.82, 2.24) is 10.2 Å². The van der Waals surface area contributed by atoms with Crippen molar-refractivity contribution < 1.29 is 9.59 Å². The van der Waals surface area contributed by atoms with E-state index in [-0.39, 0.29) is 18.5 Å². The van der Waals surface area contributed by atoms with Gasteiger partial charge in [-0.2, -0.15) is 0 Å². The van der Waals surface area contributed by atoms with Crippen LogP contribution in [0.1, 0.15) is 34.3 Å². The summed E-state index contributed by atoms with van der Waals surface area (Å²) >= 11 is 0. The Labute approximate surface area is 125 Å². The fraction of sp³-hybridized carbons (Fsp3) is 0.500. The summed E-state index contributed by atoms with van der Waals surface area (Å²) < 4.78 is 0. The van der Waals surface area contributed by atoms with E-state index in [1.165, 1.54) is 0 Å². The quantitative estimate of drug-likeness (QED) is 0.867. The smallest absolute Gasteiger partial charge is 0.254 e. The largest absolute Gasteiger partial charge is 0.368 e. The molecule has 1 fully saturated rings. The zero-order valence-corrected chi connectivity index (χ0v) is 12.7. The number of rotatable bonds is 4. The van der Waals surface area contributed by atoms with Crippen LogP contribution in [0.15, 0.2) is 18.2 Å². The van der Waals surface area contributed by atoms with E-state index in [0.717, 1.165) is 30.5 Å². The fourth-order valence-electron chi connectivity index (χ4n) is 2.76. The molecule has 0 bridgehead atoms. The zero-order chi connectivity index (χ0) is 15.4. The van der Waals surface area contributed by atoms with Crippen LogP contribution in [0.4, 0.5) is 0 Å². The molecule has 1 saturated heterocycles. The summed E-state index contributed by atoms with van der Waals surface area (Å²) in [6, 6.07) is 5.82. The first-order valence-electron chi connectivity index (χ1n) is 7.36. The molecule has 0 aliphatic carbocycles. The molecule has 1 aromatic rings. The summed E-state index contributed by atoms with van der Waals surface area (Å²) in [5, 5.41) is 3.27. The van der Waals surface area contributed by atoms with Crippen LogP contribution < -0.4 is 11.1 Å². The van der Waals surface area contributed by atoms with Crippen LogP contribution in [0.25, 0.3) is 0 Å². The second-order valence-corrected chi connectivity index (χ2v) is 5.72. The number of amides is 2. The van der Waals surface area contributed by atoms with E-state index >= 15 is 0 Å². The van der Waals surface area contributed by atoms with E-state index < -0.39 is 5.91 Å². The molecule has 3 N–H and O–H groups in total. The molecule has 1 aromatic carbocycles. The SMILES string of the molecule is Cc1ccc(C)c(C(=O)N(CC(N)=O)C2CCCNC2)c1.